The summed E-state index contributed by atoms with van der Waals surface area (Å²) in [6.45, 7) is 0. The average Bonchev–Trinajstić information content (AvgIpc) is 0. The van der Waals surface area contributed by atoms with Gasteiger partial charge in [-0.25, -0.2) is 0 Å². The molecular formula is AlCoGeLa. The van der Waals surface area contributed by atoms with Crippen LogP contribution in [-0.4, -0.2) is 35.0 Å². The third-order valence-electron chi connectivity index (χ3n) is 0. The molecule has 0 aromatic carbocycles. The summed E-state index contributed by atoms with van der Waals surface area (Å²) in [5.41, 5.74) is 0. The number of hydrogen-bond donors (Lipinski definition) is 0. The molecule has 0 aromatic rings. The van der Waals surface area contributed by atoms with Gasteiger partial charge in [0.1, 0.15) is 0 Å². The molecule has 0 spiro atoms. The molecule has 0 aliphatic carbocycles. The van der Waals surface area contributed by atoms with Gasteiger partial charge in [-0.2, -0.15) is 0 Å². The van der Waals surface area contributed by atoms with Crippen LogP contribution in [0.25, 0.3) is 0 Å². The van der Waals surface area contributed by atoms with Crippen molar-refractivity contribution in [1.29, 1.82) is 0 Å². The zero-order chi connectivity index (χ0) is 0. The van der Waals surface area contributed by atoms with Crippen LogP contribution in [0.4, 0.5) is 0 Å². The first-order chi connectivity index (χ1) is 0. The van der Waals surface area contributed by atoms with Crippen LogP contribution in [-0.2, 0) is 16.8 Å². The van der Waals surface area contributed by atoms with E-state index in [-0.39, 0.29) is 87.3 Å². The monoisotopic (exact) mass is 299 g/mol. The molecule has 4 heteroatoms. The second kappa shape index (κ2) is 17.1. The summed E-state index contributed by atoms with van der Waals surface area (Å²) in [6, 6.07) is 0. The zero-order valence-electron chi connectivity index (χ0n) is 1.99. The summed E-state index contributed by atoms with van der Waals surface area (Å²) in [4.78, 5) is 0. The van der Waals surface area contributed by atoms with Crippen LogP contribution < -0.4 is 0 Å². The maximum atomic E-state index is 0. The quantitative estimate of drug-likeness (QED) is 0.516. The van der Waals surface area contributed by atoms with Gasteiger partial charge in [0.2, 0.25) is 0 Å². The SMILES string of the molecule is [Al].[Co].[Ge].[La]. The van der Waals surface area contributed by atoms with Gasteiger partial charge in [0.25, 0.3) is 0 Å². The first-order valence-electron chi connectivity index (χ1n) is 0. The number of hydrogen-bond acceptors (Lipinski definition) is 0. The van der Waals surface area contributed by atoms with Gasteiger partial charge < -0.3 is 0 Å². The molecule has 0 atom stereocenters. The predicted molar refractivity (Wildman–Crippen MR) is 11.5 cm³/mol. The molecule has 9 radical (unpaired) electrons. The molecule has 4 heavy (non-hydrogen) atoms. The Morgan fingerprint density at radius 1 is 1.00 bits per heavy atom. The van der Waals surface area contributed by atoms with Crippen LogP contribution in [0.15, 0.2) is 0 Å². The largest absolute Gasteiger partial charge is 0 e. The van der Waals surface area contributed by atoms with Crippen LogP contribution in [0.5, 0.6) is 0 Å². The fourth-order valence-corrected chi connectivity index (χ4v) is 0. The van der Waals surface area contributed by atoms with E-state index in [0.717, 1.165) is 0 Å². The molecule has 0 amide bonds. The third kappa shape index (κ3) is 8.84. The van der Waals surface area contributed by atoms with Gasteiger partial charge >= 0.3 is 0 Å². The third-order valence-corrected chi connectivity index (χ3v) is 0. The molecule has 0 aliphatic heterocycles. The smallest absolute Gasteiger partial charge is 0 e. The van der Waals surface area contributed by atoms with Crippen molar-refractivity contribution in [3.63, 3.8) is 0 Å². The van der Waals surface area contributed by atoms with Crippen LogP contribution in [0.2, 0.25) is 0 Å². The molecule has 0 bridgehead atoms. The standard InChI is InChI=1S/Al.Co.Ge.La. The minimum absolute atomic E-state index is 0. The summed E-state index contributed by atoms with van der Waals surface area (Å²) in [7, 11) is 0. The normalized spacial score (nSPS) is 0. The Bertz CT molecular complexity index is 8.00. The van der Waals surface area contributed by atoms with E-state index in [4.69, 9.17) is 0 Å². The first kappa shape index (κ1) is 29.3. The summed E-state index contributed by atoms with van der Waals surface area (Å²) in [5.74, 6) is 0. The second-order valence-electron chi connectivity index (χ2n) is 0. The van der Waals surface area contributed by atoms with Gasteiger partial charge in [0.05, 0.1) is 0 Å². The summed E-state index contributed by atoms with van der Waals surface area (Å²) >= 11 is 0. The van der Waals surface area contributed by atoms with Gasteiger partial charge in [0.15, 0.2) is 0 Å². The maximum absolute atomic E-state index is 0. The van der Waals surface area contributed by atoms with E-state index >= 15 is 0 Å². The fourth-order valence-electron chi connectivity index (χ4n) is 0. The molecule has 19 valence electrons. The number of rotatable bonds is 0. The fraction of sp³-hybridized carbons (Fsp3) is 0. The Labute approximate surface area is 85.8 Å². The van der Waals surface area contributed by atoms with Crippen molar-refractivity contribution in [2.24, 2.45) is 0 Å². The molecule has 0 saturated carbocycles. The minimum Gasteiger partial charge on any atom is 0 e. The zero-order valence-corrected chi connectivity index (χ0v) is 9.91. The predicted octanol–water partition coefficient (Wildman–Crippen LogP) is -0.764. The second-order valence-corrected chi connectivity index (χ2v) is 0. The van der Waals surface area contributed by atoms with Crippen molar-refractivity contribution in [2.45, 2.75) is 0 Å². The maximum Gasteiger partial charge on any atom is 0 e. The van der Waals surface area contributed by atoms with Crippen LogP contribution in [0.3, 0.4) is 0 Å². The molecule has 0 rings (SSSR count). The molecule has 0 aliphatic rings. The van der Waals surface area contributed by atoms with E-state index in [0.29, 0.717) is 0 Å². The molecule has 0 nitrogen and oxygen atoms in total. The molecule has 0 aromatic heterocycles. The molecule has 0 saturated heterocycles. The van der Waals surface area contributed by atoms with Crippen molar-refractivity contribution in [2.75, 3.05) is 0 Å². The Balaban J connectivity index is 0. The Hall–Kier alpha value is 2.78. The van der Waals surface area contributed by atoms with Crippen LogP contribution in [0.1, 0.15) is 0 Å². The Kier molecular flexibility index (Phi) is 125. The molecule has 0 N–H and O–H groups in total. The van der Waals surface area contributed by atoms with E-state index < -0.39 is 0 Å². The van der Waals surface area contributed by atoms with Crippen molar-refractivity contribution < 1.29 is 52.4 Å². The molecule has 0 fully saturated rings. The van der Waals surface area contributed by atoms with E-state index in [2.05, 4.69) is 0 Å². The summed E-state index contributed by atoms with van der Waals surface area (Å²) < 4.78 is 0. The van der Waals surface area contributed by atoms with E-state index in [9.17, 15) is 0 Å². The van der Waals surface area contributed by atoms with Gasteiger partial charge in [-0.3, -0.25) is 0 Å². The van der Waals surface area contributed by atoms with E-state index in [1.807, 2.05) is 0 Å². The van der Waals surface area contributed by atoms with Gasteiger partial charge in [-0.05, 0) is 0 Å². The first-order valence-corrected chi connectivity index (χ1v) is 0. The molecular weight excluding hydrogens is 297 g/mol. The van der Waals surface area contributed by atoms with Gasteiger partial charge in [-0.15, -0.1) is 0 Å². The van der Waals surface area contributed by atoms with Crippen LogP contribution >= 0.6 is 0 Å². The topological polar surface area (TPSA) is 0 Å². The van der Waals surface area contributed by atoms with E-state index in [1.54, 1.807) is 0 Å². The van der Waals surface area contributed by atoms with Crippen molar-refractivity contribution >= 4 is 35.0 Å². The summed E-state index contributed by atoms with van der Waals surface area (Å²) in [6.07, 6.45) is 0. The van der Waals surface area contributed by atoms with Gasteiger partial charge in [-0.1, -0.05) is 0 Å². The Morgan fingerprint density at radius 2 is 1.00 bits per heavy atom. The molecule has 0 unspecified atom stereocenters. The minimum atomic E-state index is 0. The van der Waals surface area contributed by atoms with Crippen molar-refractivity contribution in [3.8, 4) is 0 Å². The average molecular weight is 297 g/mol. The van der Waals surface area contributed by atoms with Crippen molar-refractivity contribution in [1.82, 2.24) is 0 Å². The van der Waals surface area contributed by atoms with E-state index in [1.165, 1.54) is 0 Å². The van der Waals surface area contributed by atoms with Crippen LogP contribution in [0, 0.1) is 35.6 Å². The van der Waals surface area contributed by atoms with Gasteiger partial charge in [0, 0.05) is 87.3 Å². The van der Waals surface area contributed by atoms with Crippen molar-refractivity contribution in [3.05, 3.63) is 0 Å². The summed E-state index contributed by atoms with van der Waals surface area (Å²) in [5, 5.41) is 0. The Morgan fingerprint density at radius 3 is 1.00 bits per heavy atom. The molecule has 0 heterocycles.